The van der Waals surface area contributed by atoms with Gasteiger partial charge in [-0.05, 0) is 25.4 Å². The van der Waals surface area contributed by atoms with Crippen molar-refractivity contribution in [3.8, 4) is 0 Å². The third kappa shape index (κ3) is 2.11. The average Bonchev–Trinajstić information content (AvgIpc) is 2.13. The third-order valence-electron chi connectivity index (χ3n) is 0.812. The molecule has 56 valence electrons. The predicted molar refractivity (Wildman–Crippen MR) is 43.7 cm³/mol. The van der Waals surface area contributed by atoms with Gasteiger partial charge in [0.1, 0.15) is 0 Å². The Labute approximate surface area is 68.4 Å². The van der Waals surface area contributed by atoms with Crippen molar-refractivity contribution in [2.45, 2.75) is 19.9 Å². The van der Waals surface area contributed by atoms with Gasteiger partial charge in [-0.25, -0.2) is 0 Å². The first-order valence-corrected chi connectivity index (χ1v) is 4.13. The molecular formula is C5H8ClN3S. The fourth-order valence-electron chi connectivity index (χ4n) is 0.511. The van der Waals surface area contributed by atoms with Crippen LogP contribution in [0.3, 0.4) is 0 Å². The molecule has 0 amide bonds. The summed E-state index contributed by atoms with van der Waals surface area (Å²) in [6.07, 6.45) is 0. The number of hydrogen-bond acceptors (Lipinski definition) is 4. The van der Waals surface area contributed by atoms with Crippen molar-refractivity contribution in [2.75, 3.05) is 5.32 Å². The van der Waals surface area contributed by atoms with E-state index in [1.807, 2.05) is 13.8 Å². The summed E-state index contributed by atoms with van der Waals surface area (Å²) in [5.74, 6) is 0. The van der Waals surface area contributed by atoms with Crippen molar-refractivity contribution in [3.63, 3.8) is 0 Å². The highest BCUT2D eigenvalue weighted by Crippen LogP contribution is 2.19. The standard InChI is InChI=1S/C5H8ClN3S/c1-3(2)7-5-9-8-4(6)10-5/h3H,1-2H3,(H,7,9). The van der Waals surface area contributed by atoms with Crippen LogP contribution in [0.25, 0.3) is 0 Å². The van der Waals surface area contributed by atoms with E-state index in [0.29, 0.717) is 10.5 Å². The summed E-state index contributed by atoms with van der Waals surface area (Å²) in [5, 5.41) is 11.3. The average molecular weight is 178 g/mol. The Morgan fingerprint density at radius 1 is 1.50 bits per heavy atom. The Morgan fingerprint density at radius 2 is 2.20 bits per heavy atom. The van der Waals surface area contributed by atoms with Gasteiger partial charge in [-0.2, -0.15) is 0 Å². The molecule has 10 heavy (non-hydrogen) atoms. The van der Waals surface area contributed by atoms with Gasteiger partial charge in [0, 0.05) is 6.04 Å². The molecule has 0 aliphatic heterocycles. The van der Waals surface area contributed by atoms with Crippen molar-refractivity contribution >= 4 is 28.1 Å². The third-order valence-corrected chi connectivity index (χ3v) is 1.76. The molecule has 0 fully saturated rings. The molecule has 0 bridgehead atoms. The summed E-state index contributed by atoms with van der Waals surface area (Å²) in [6, 6.07) is 0.379. The minimum Gasteiger partial charge on any atom is -0.358 e. The van der Waals surface area contributed by atoms with Gasteiger partial charge in [0.15, 0.2) is 0 Å². The highest BCUT2D eigenvalue weighted by atomic mass is 35.5. The maximum atomic E-state index is 5.55. The van der Waals surface area contributed by atoms with E-state index in [4.69, 9.17) is 11.6 Å². The Hall–Kier alpha value is -0.350. The van der Waals surface area contributed by atoms with E-state index in [0.717, 1.165) is 5.13 Å². The number of aromatic nitrogens is 2. The van der Waals surface area contributed by atoms with Crippen LogP contribution < -0.4 is 5.32 Å². The lowest BCUT2D eigenvalue weighted by Gasteiger charge is -2.02. The van der Waals surface area contributed by atoms with Gasteiger partial charge >= 0.3 is 0 Å². The smallest absolute Gasteiger partial charge is 0.208 e. The van der Waals surface area contributed by atoms with Gasteiger partial charge in [-0.15, -0.1) is 10.2 Å². The molecule has 1 aromatic rings. The Kier molecular flexibility index (Phi) is 2.45. The Morgan fingerprint density at radius 3 is 2.60 bits per heavy atom. The van der Waals surface area contributed by atoms with E-state index in [1.165, 1.54) is 11.3 Å². The number of nitrogens with zero attached hydrogens (tertiary/aromatic N) is 2. The lowest BCUT2D eigenvalue weighted by atomic mass is 10.4. The van der Waals surface area contributed by atoms with Crippen LogP contribution in [0.15, 0.2) is 0 Å². The molecule has 0 aliphatic carbocycles. The fourth-order valence-corrected chi connectivity index (χ4v) is 1.39. The molecule has 3 nitrogen and oxygen atoms in total. The van der Waals surface area contributed by atoms with Crippen LogP contribution in [0.5, 0.6) is 0 Å². The van der Waals surface area contributed by atoms with Crippen molar-refractivity contribution < 1.29 is 0 Å². The van der Waals surface area contributed by atoms with Crippen LogP contribution in [0, 0.1) is 0 Å². The number of anilines is 1. The van der Waals surface area contributed by atoms with Crippen LogP contribution in [0.4, 0.5) is 5.13 Å². The summed E-state index contributed by atoms with van der Waals surface area (Å²) in [5.41, 5.74) is 0. The normalized spacial score (nSPS) is 10.4. The molecule has 1 rings (SSSR count). The number of rotatable bonds is 2. The second-order valence-electron chi connectivity index (χ2n) is 2.16. The number of halogens is 1. The molecule has 0 aromatic carbocycles. The molecule has 0 atom stereocenters. The van der Waals surface area contributed by atoms with Gasteiger partial charge < -0.3 is 5.32 Å². The first-order chi connectivity index (χ1) is 4.68. The van der Waals surface area contributed by atoms with Crippen LogP contribution >= 0.6 is 22.9 Å². The van der Waals surface area contributed by atoms with Crippen molar-refractivity contribution in [3.05, 3.63) is 4.47 Å². The minimum absolute atomic E-state index is 0.379. The zero-order valence-electron chi connectivity index (χ0n) is 5.76. The summed E-state index contributed by atoms with van der Waals surface area (Å²) < 4.78 is 0.475. The SMILES string of the molecule is CC(C)Nc1nnc(Cl)s1. The lowest BCUT2D eigenvalue weighted by molar-refractivity contribution is 0.887. The monoisotopic (exact) mass is 177 g/mol. The van der Waals surface area contributed by atoms with Crippen molar-refractivity contribution in [1.29, 1.82) is 0 Å². The maximum absolute atomic E-state index is 5.55. The van der Waals surface area contributed by atoms with Gasteiger partial charge in [-0.1, -0.05) is 11.3 Å². The predicted octanol–water partition coefficient (Wildman–Crippen LogP) is 2.01. The molecular weight excluding hydrogens is 170 g/mol. The largest absolute Gasteiger partial charge is 0.358 e. The highest BCUT2D eigenvalue weighted by molar-refractivity contribution is 7.19. The second-order valence-corrected chi connectivity index (χ2v) is 3.72. The van der Waals surface area contributed by atoms with Crippen molar-refractivity contribution in [1.82, 2.24) is 10.2 Å². The second kappa shape index (κ2) is 3.16. The Balaban J connectivity index is 2.58. The van der Waals surface area contributed by atoms with Crippen molar-refractivity contribution in [2.24, 2.45) is 0 Å². The minimum atomic E-state index is 0.379. The quantitative estimate of drug-likeness (QED) is 0.751. The van der Waals surface area contributed by atoms with E-state index in [1.54, 1.807) is 0 Å². The molecule has 0 aliphatic rings. The first-order valence-electron chi connectivity index (χ1n) is 2.94. The summed E-state index contributed by atoms with van der Waals surface area (Å²) in [7, 11) is 0. The van der Waals surface area contributed by atoms with E-state index in [9.17, 15) is 0 Å². The first kappa shape index (κ1) is 7.75. The lowest BCUT2D eigenvalue weighted by Crippen LogP contribution is -2.08. The molecule has 0 unspecified atom stereocenters. The van der Waals surface area contributed by atoms with Crippen LogP contribution in [0.1, 0.15) is 13.8 Å². The van der Waals surface area contributed by atoms with Crippen LogP contribution in [0.2, 0.25) is 4.47 Å². The maximum Gasteiger partial charge on any atom is 0.208 e. The molecule has 1 aromatic heterocycles. The highest BCUT2D eigenvalue weighted by Gasteiger charge is 2.00. The fraction of sp³-hybridized carbons (Fsp3) is 0.600. The zero-order valence-corrected chi connectivity index (χ0v) is 7.33. The summed E-state index contributed by atoms with van der Waals surface area (Å²) in [4.78, 5) is 0. The molecule has 0 radical (unpaired) electrons. The summed E-state index contributed by atoms with van der Waals surface area (Å²) >= 11 is 6.90. The molecule has 1 N–H and O–H groups in total. The van der Waals surface area contributed by atoms with Gasteiger partial charge in [0.05, 0.1) is 0 Å². The summed E-state index contributed by atoms with van der Waals surface area (Å²) in [6.45, 7) is 4.07. The molecule has 1 heterocycles. The molecule has 0 spiro atoms. The zero-order chi connectivity index (χ0) is 7.56. The molecule has 0 saturated carbocycles. The molecule has 5 heteroatoms. The van der Waals surface area contributed by atoms with E-state index < -0.39 is 0 Å². The van der Waals surface area contributed by atoms with E-state index in [-0.39, 0.29) is 0 Å². The van der Waals surface area contributed by atoms with Crippen LogP contribution in [-0.4, -0.2) is 16.2 Å². The molecule has 0 saturated heterocycles. The van der Waals surface area contributed by atoms with E-state index >= 15 is 0 Å². The van der Waals surface area contributed by atoms with Gasteiger partial charge in [-0.3, -0.25) is 0 Å². The number of nitrogens with one attached hydrogen (secondary N) is 1. The number of hydrogen-bond donors (Lipinski definition) is 1. The topological polar surface area (TPSA) is 37.8 Å². The van der Waals surface area contributed by atoms with E-state index in [2.05, 4.69) is 15.5 Å². The van der Waals surface area contributed by atoms with Crippen LogP contribution in [-0.2, 0) is 0 Å². The van der Waals surface area contributed by atoms with Gasteiger partial charge in [0.25, 0.3) is 0 Å². The Bertz CT molecular complexity index is 210. The van der Waals surface area contributed by atoms with Gasteiger partial charge in [0.2, 0.25) is 9.60 Å².